The number of ether oxygens (including phenoxy) is 1. The molecule has 0 radical (unpaired) electrons. The van der Waals surface area contributed by atoms with Crippen LogP contribution in [0.3, 0.4) is 0 Å². The maximum atomic E-state index is 10.8. The van der Waals surface area contributed by atoms with Gasteiger partial charge in [0, 0.05) is 15.6 Å². The highest BCUT2D eigenvalue weighted by Gasteiger charge is 2.44. The van der Waals surface area contributed by atoms with Gasteiger partial charge < -0.3 is 15.2 Å². The van der Waals surface area contributed by atoms with Crippen molar-refractivity contribution in [2.45, 2.75) is 45.1 Å². The van der Waals surface area contributed by atoms with Crippen LogP contribution in [0.5, 0.6) is 0 Å². The Hall–Kier alpha value is -0.420. The number of rotatable bonds is 1. The van der Waals surface area contributed by atoms with Crippen molar-refractivity contribution in [3.63, 3.8) is 0 Å². The molecule has 1 aromatic rings. The van der Waals surface area contributed by atoms with Crippen LogP contribution in [0.15, 0.2) is 22.7 Å². The number of aryl methyl sites for hydroxylation is 1. The van der Waals surface area contributed by atoms with Crippen LogP contribution in [-0.4, -0.2) is 23.3 Å². The number of hydrogen-bond donors (Lipinski definition) is 2. The van der Waals surface area contributed by atoms with Crippen molar-refractivity contribution >= 4 is 15.9 Å². The molecule has 1 aliphatic rings. The van der Waals surface area contributed by atoms with E-state index in [0.717, 1.165) is 15.6 Å². The zero-order valence-corrected chi connectivity index (χ0v) is 12.8. The molecular weight excluding hydrogens is 294 g/mol. The van der Waals surface area contributed by atoms with Gasteiger partial charge in [-0.25, -0.2) is 0 Å². The van der Waals surface area contributed by atoms with Crippen LogP contribution in [0.25, 0.3) is 0 Å². The Morgan fingerprint density at radius 1 is 1.44 bits per heavy atom. The van der Waals surface area contributed by atoms with E-state index in [2.05, 4.69) is 35.1 Å². The Kier molecular flexibility index (Phi) is 3.58. The van der Waals surface area contributed by atoms with E-state index in [1.165, 1.54) is 0 Å². The molecule has 0 amide bonds. The molecule has 1 saturated heterocycles. The summed E-state index contributed by atoms with van der Waals surface area (Å²) in [5.41, 5.74) is 1.79. The topological polar surface area (TPSA) is 41.5 Å². The Bertz CT molecular complexity index is 461. The molecular formula is C14H20BrNO2. The van der Waals surface area contributed by atoms with Crippen LogP contribution in [-0.2, 0) is 10.5 Å². The third-order valence-corrected chi connectivity index (χ3v) is 4.29. The molecule has 3 nitrogen and oxygen atoms in total. The number of nitrogens with one attached hydrogen (secondary N) is 1. The average molecular weight is 314 g/mol. The van der Waals surface area contributed by atoms with Crippen LogP contribution in [0.4, 0.5) is 0 Å². The van der Waals surface area contributed by atoms with Gasteiger partial charge >= 0.3 is 0 Å². The number of hydrogen-bond acceptors (Lipinski definition) is 3. The molecule has 2 N–H and O–H groups in total. The molecule has 0 aliphatic carbocycles. The molecule has 0 saturated carbocycles. The van der Waals surface area contributed by atoms with E-state index in [9.17, 15) is 5.11 Å². The van der Waals surface area contributed by atoms with Crippen molar-refractivity contribution in [1.82, 2.24) is 5.32 Å². The fraction of sp³-hybridized carbons (Fsp3) is 0.571. The van der Waals surface area contributed by atoms with Gasteiger partial charge in [0.15, 0.2) is 0 Å². The molecule has 4 heteroatoms. The molecule has 2 rings (SSSR count). The second kappa shape index (κ2) is 4.60. The minimum absolute atomic E-state index is 0.117. The molecule has 0 spiro atoms. The van der Waals surface area contributed by atoms with Crippen molar-refractivity contribution in [3.8, 4) is 0 Å². The van der Waals surface area contributed by atoms with Crippen LogP contribution < -0.4 is 5.32 Å². The van der Waals surface area contributed by atoms with Gasteiger partial charge in [-0.1, -0.05) is 28.1 Å². The van der Waals surface area contributed by atoms with Crippen LogP contribution in [0.2, 0.25) is 0 Å². The van der Waals surface area contributed by atoms with E-state index in [4.69, 9.17) is 4.74 Å². The highest BCUT2D eigenvalue weighted by atomic mass is 79.9. The van der Waals surface area contributed by atoms with Gasteiger partial charge in [0.25, 0.3) is 0 Å². The van der Waals surface area contributed by atoms with Gasteiger partial charge in [-0.3, -0.25) is 0 Å². The molecule has 0 aromatic heterocycles. The second-order valence-electron chi connectivity index (χ2n) is 5.70. The highest BCUT2D eigenvalue weighted by molar-refractivity contribution is 9.10. The minimum Gasteiger partial charge on any atom is -0.361 e. The monoisotopic (exact) mass is 313 g/mol. The van der Waals surface area contributed by atoms with Crippen molar-refractivity contribution in [1.29, 1.82) is 0 Å². The van der Waals surface area contributed by atoms with Crippen LogP contribution in [0.1, 0.15) is 31.9 Å². The van der Waals surface area contributed by atoms with Crippen molar-refractivity contribution in [3.05, 3.63) is 33.8 Å². The molecule has 1 aliphatic heterocycles. The van der Waals surface area contributed by atoms with Gasteiger partial charge in [-0.15, -0.1) is 0 Å². The molecule has 1 aromatic carbocycles. The van der Waals surface area contributed by atoms with Gasteiger partial charge in [-0.05, 0) is 39.3 Å². The van der Waals surface area contributed by atoms with E-state index in [-0.39, 0.29) is 11.6 Å². The Balaban J connectivity index is 2.34. The zero-order chi connectivity index (χ0) is 13.6. The summed E-state index contributed by atoms with van der Waals surface area (Å²) < 4.78 is 6.73. The smallest absolute Gasteiger partial charge is 0.208 e. The Labute approximate surface area is 117 Å². The fourth-order valence-corrected chi connectivity index (χ4v) is 2.67. The van der Waals surface area contributed by atoms with Crippen molar-refractivity contribution in [2.24, 2.45) is 0 Å². The van der Waals surface area contributed by atoms with E-state index >= 15 is 0 Å². The quantitative estimate of drug-likeness (QED) is 0.837. The second-order valence-corrected chi connectivity index (χ2v) is 6.55. The average Bonchev–Trinajstić information content (AvgIpc) is 2.27. The maximum absolute atomic E-state index is 10.8. The summed E-state index contributed by atoms with van der Waals surface area (Å²) in [6.07, 6.45) is 0. The van der Waals surface area contributed by atoms with E-state index in [1.54, 1.807) is 0 Å². The number of aliphatic hydroxyl groups is 1. The minimum atomic E-state index is -1.27. The van der Waals surface area contributed by atoms with Gasteiger partial charge in [0.05, 0.1) is 12.6 Å². The van der Waals surface area contributed by atoms with Crippen molar-refractivity contribution < 1.29 is 9.84 Å². The molecule has 18 heavy (non-hydrogen) atoms. The van der Waals surface area contributed by atoms with Crippen LogP contribution >= 0.6 is 15.9 Å². The van der Waals surface area contributed by atoms with E-state index in [1.807, 2.05) is 32.0 Å². The highest BCUT2D eigenvalue weighted by Crippen LogP contribution is 2.34. The normalized spacial score (nSPS) is 31.3. The van der Waals surface area contributed by atoms with Gasteiger partial charge in [-0.2, -0.15) is 0 Å². The lowest BCUT2D eigenvalue weighted by Crippen LogP contribution is -2.63. The number of benzene rings is 1. The lowest BCUT2D eigenvalue weighted by Gasteiger charge is -2.46. The molecule has 2 unspecified atom stereocenters. The van der Waals surface area contributed by atoms with E-state index in [0.29, 0.717) is 6.61 Å². The molecule has 0 bridgehead atoms. The van der Waals surface area contributed by atoms with Crippen LogP contribution in [0, 0.1) is 6.92 Å². The first-order valence-electron chi connectivity index (χ1n) is 6.15. The lowest BCUT2D eigenvalue weighted by molar-refractivity contribution is -0.263. The molecule has 1 heterocycles. The lowest BCUT2D eigenvalue weighted by atomic mass is 9.92. The standard InChI is InChI=1S/C14H20BrNO2/c1-9-5-6-11(7-12(9)15)14(17)10(2)16-13(3,4)8-18-14/h5-7,10,16-17H,8H2,1-4H3. The first-order valence-corrected chi connectivity index (χ1v) is 6.94. The molecule has 2 atom stereocenters. The van der Waals surface area contributed by atoms with Gasteiger partial charge in [0.1, 0.15) is 0 Å². The Morgan fingerprint density at radius 3 is 2.67 bits per heavy atom. The Morgan fingerprint density at radius 2 is 2.11 bits per heavy atom. The summed E-state index contributed by atoms with van der Waals surface area (Å²) in [5.74, 6) is -1.27. The van der Waals surface area contributed by atoms with Crippen molar-refractivity contribution in [2.75, 3.05) is 6.61 Å². The summed E-state index contributed by atoms with van der Waals surface area (Å²) >= 11 is 3.49. The fourth-order valence-electron chi connectivity index (χ4n) is 2.29. The predicted octanol–water partition coefficient (Wildman–Crippen LogP) is 2.69. The number of morpholine rings is 1. The summed E-state index contributed by atoms with van der Waals surface area (Å²) in [7, 11) is 0. The number of halogens is 1. The summed E-state index contributed by atoms with van der Waals surface area (Å²) in [6, 6.07) is 5.64. The zero-order valence-electron chi connectivity index (χ0n) is 11.2. The first kappa shape index (κ1) is 14.0. The largest absolute Gasteiger partial charge is 0.361 e. The molecule has 100 valence electrons. The van der Waals surface area contributed by atoms with E-state index < -0.39 is 5.79 Å². The first-order chi connectivity index (χ1) is 8.24. The summed E-state index contributed by atoms with van der Waals surface area (Å²) in [4.78, 5) is 0. The molecule has 1 fully saturated rings. The summed E-state index contributed by atoms with van der Waals surface area (Å²) in [6.45, 7) is 8.56. The summed E-state index contributed by atoms with van der Waals surface area (Å²) in [5, 5.41) is 14.1. The van der Waals surface area contributed by atoms with Gasteiger partial charge in [0.2, 0.25) is 5.79 Å². The SMILES string of the molecule is Cc1ccc(C2(O)OCC(C)(C)NC2C)cc1Br. The maximum Gasteiger partial charge on any atom is 0.208 e. The third-order valence-electron chi connectivity index (χ3n) is 3.43. The third kappa shape index (κ3) is 2.48. The predicted molar refractivity (Wildman–Crippen MR) is 75.4 cm³/mol.